The van der Waals surface area contributed by atoms with E-state index in [1.165, 1.54) is 0 Å². The van der Waals surface area contributed by atoms with Crippen LogP contribution in [0.4, 0.5) is 0 Å². The summed E-state index contributed by atoms with van der Waals surface area (Å²) in [5.74, 6) is 3.56. The van der Waals surface area contributed by atoms with Crippen molar-refractivity contribution >= 4 is 21.5 Å². The van der Waals surface area contributed by atoms with Crippen LogP contribution in [0.15, 0.2) is 142 Å². The zero-order valence-corrected chi connectivity index (χ0v) is 19.5. The first-order valence-corrected chi connectivity index (χ1v) is 12.1. The van der Waals surface area contributed by atoms with E-state index in [1.54, 1.807) is 0 Å². The second-order valence-electron chi connectivity index (χ2n) is 8.92. The first kappa shape index (κ1) is 20.5. The molecule has 2 aromatic heterocycles. The monoisotopic (exact) mass is 462 g/mol. The van der Waals surface area contributed by atoms with Crippen LogP contribution < -0.4 is 0 Å². The molecule has 7 aromatic rings. The number of benzene rings is 5. The molecule has 2 nitrogen and oxygen atoms in total. The Morgan fingerprint density at radius 2 is 0.500 bits per heavy atom. The van der Waals surface area contributed by atoms with Crippen LogP contribution in [0.25, 0.3) is 66.8 Å². The molecule has 36 heavy (non-hydrogen) atoms. The molecule has 5 aromatic carbocycles. The lowest BCUT2D eigenvalue weighted by molar-refractivity contribution is 0.600. The second kappa shape index (κ2) is 8.44. The quantitative estimate of drug-likeness (QED) is 0.260. The molecule has 7 rings (SSSR count). The minimum Gasteiger partial charge on any atom is -0.455 e. The molecule has 0 aliphatic heterocycles. The van der Waals surface area contributed by atoms with Gasteiger partial charge in [0.2, 0.25) is 0 Å². The van der Waals surface area contributed by atoms with Crippen molar-refractivity contribution in [2.24, 2.45) is 0 Å². The van der Waals surface area contributed by atoms with Crippen molar-refractivity contribution in [3.8, 4) is 45.3 Å². The van der Waals surface area contributed by atoms with E-state index in [4.69, 9.17) is 8.83 Å². The molecule has 0 saturated heterocycles. The van der Waals surface area contributed by atoms with E-state index in [9.17, 15) is 0 Å². The molecule has 0 spiro atoms. The van der Waals surface area contributed by atoms with Crippen molar-refractivity contribution < 1.29 is 8.83 Å². The van der Waals surface area contributed by atoms with Gasteiger partial charge >= 0.3 is 0 Å². The van der Waals surface area contributed by atoms with Crippen molar-refractivity contribution in [1.29, 1.82) is 0 Å². The van der Waals surface area contributed by atoms with Crippen molar-refractivity contribution in [3.63, 3.8) is 0 Å². The van der Waals surface area contributed by atoms with Gasteiger partial charge in [-0.15, -0.1) is 0 Å². The Bertz CT molecular complexity index is 1670. The highest BCUT2D eigenvalue weighted by Gasteiger charge is 2.18. The SMILES string of the molecule is c1ccc(-c2oc(-c3ccc(-c4oc(-c5ccccc5)c5ccccc45)cc3)c3ccccc23)cc1. The number of furan rings is 2. The fraction of sp³-hybridized carbons (Fsp3) is 0. The van der Waals surface area contributed by atoms with E-state index in [0.29, 0.717) is 0 Å². The van der Waals surface area contributed by atoms with Crippen LogP contribution in [0.1, 0.15) is 0 Å². The lowest BCUT2D eigenvalue weighted by Crippen LogP contribution is -1.79. The summed E-state index contributed by atoms with van der Waals surface area (Å²) < 4.78 is 13.0. The fourth-order valence-electron chi connectivity index (χ4n) is 4.99. The second-order valence-corrected chi connectivity index (χ2v) is 8.92. The lowest BCUT2D eigenvalue weighted by Gasteiger charge is -2.02. The first-order valence-electron chi connectivity index (χ1n) is 12.1. The summed E-state index contributed by atoms with van der Waals surface area (Å²) in [6.07, 6.45) is 0. The largest absolute Gasteiger partial charge is 0.455 e. The predicted octanol–water partition coefficient (Wildman–Crippen LogP) is 9.85. The van der Waals surface area contributed by atoms with Crippen LogP contribution in [0.2, 0.25) is 0 Å². The fourth-order valence-corrected chi connectivity index (χ4v) is 4.99. The smallest absolute Gasteiger partial charge is 0.142 e. The Balaban J connectivity index is 1.34. The van der Waals surface area contributed by atoms with E-state index in [-0.39, 0.29) is 0 Å². The van der Waals surface area contributed by atoms with Gasteiger partial charge in [-0.3, -0.25) is 0 Å². The maximum absolute atomic E-state index is 6.49. The highest BCUT2D eigenvalue weighted by Crippen LogP contribution is 2.42. The number of rotatable bonds is 4. The maximum Gasteiger partial charge on any atom is 0.142 e. The third kappa shape index (κ3) is 3.35. The van der Waals surface area contributed by atoms with Crippen LogP contribution in [0, 0.1) is 0 Å². The molecule has 0 aliphatic rings. The van der Waals surface area contributed by atoms with Gasteiger partial charge in [0.05, 0.1) is 0 Å². The van der Waals surface area contributed by atoms with E-state index in [1.807, 2.05) is 36.4 Å². The molecule has 170 valence electrons. The molecule has 0 N–H and O–H groups in total. The zero-order chi connectivity index (χ0) is 23.9. The first-order chi connectivity index (χ1) is 17.9. The average Bonchev–Trinajstić information content (AvgIpc) is 3.54. The molecule has 0 bridgehead atoms. The molecule has 2 heteroatoms. The Kier molecular flexibility index (Phi) is 4.82. The third-order valence-corrected chi connectivity index (χ3v) is 6.72. The van der Waals surface area contributed by atoms with E-state index in [0.717, 1.165) is 66.8 Å². The van der Waals surface area contributed by atoms with Crippen LogP contribution in [-0.2, 0) is 0 Å². The highest BCUT2D eigenvalue weighted by atomic mass is 16.3. The maximum atomic E-state index is 6.49. The Labute approximate surface area is 209 Å². The molecular formula is C34H22O2. The zero-order valence-electron chi connectivity index (χ0n) is 19.5. The number of hydrogen-bond donors (Lipinski definition) is 0. The van der Waals surface area contributed by atoms with Gasteiger partial charge in [0.1, 0.15) is 23.0 Å². The summed E-state index contributed by atoms with van der Waals surface area (Å²) in [7, 11) is 0. The van der Waals surface area contributed by atoms with Crippen molar-refractivity contribution in [2.45, 2.75) is 0 Å². The molecule has 0 radical (unpaired) electrons. The Hall–Kier alpha value is -4.82. The minimum absolute atomic E-state index is 0.880. The third-order valence-electron chi connectivity index (χ3n) is 6.72. The van der Waals surface area contributed by atoms with E-state index in [2.05, 4.69) is 97.1 Å². The van der Waals surface area contributed by atoms with Gasteiger partial charge in [0.25, 0.3) is 0 Å². The summed E-state index contributed by atoms with van der Waals surface area (Å²) in [6.45, 7) is 0. The van der Waals surface area contributed by atoms with Gasteiger partial charge in [0, 0.05) is 43.8 Å². The van der Waals surface area contributed by atoms with Crippen molar-refractivity contribution in [3.05, 3.63) is 133 Å². The van der Waals surface area contributed by atoms with E-state index >= 15 is 0 Å². The molecular weight excluding hydrogens is 440 g/mol. The molecule has 0 fully saturated rings. The normalized spacial score (nSPS) is 11.3. The number of fused-ring (bicyclic) bond motifs is 2. The van der Waals surface area contributed by atoms with Crippen LogP contribution >= 0.6 is 0 Å². The summed E-state index contributed by atoms with van der Waals surface area (Å²) in [4.78, 5) is 0. The molecule has 2 heterocycles. The van der Waals surface area contributed by atoms with E-state index < -0.39 is 0 Å². The molecule has 0 aliphatic carbocycles. The molecule has 0 atom stereocenters. The number of hydrogen-bond acceptors (Lipinski definition) is 2. The van der Waals surface area contributed by atoms with Gasteiger partial charge in [-0.1, -0.05) is 133 Å². The summed E-state index contributed by atoms with van der Waals surface area (Å²) >= 11 is 0. The molecule has 0 unspecified atom stereocenters. The van der Waals surface area contributed by atoms with Gasteiger partial charge < -0.3 is 8.83 Å². The molecule has 0 saturated carbocycles. The summed E-state index contributed by atoms with van der Waals surface area (Å²) in [6, 6.07) is 45.8. The lowest BCUT2D eigenvalue weighted by atomic mass is 10.0. The standard InChI is InChI=1S/C34H22O2/c1-3-11-23(12-4-1)31-27-15-7-9-17-29(27)33(35-31)25-19-21-26(22-20-25)34-30-18-10-8-16-28(30)32(36-34)24-13-5-2-6-14-24/h1-22H. The average molecular weight is 463 g/mol. The predicted molar refractivity (Wildman–Crippen MR) is 148 cm³/mol. The molecule has 0 amide bonds. The highest BCUT2D eigenvalue weighted by molar-refractivity contribution is 6.04. The minimum atomic E-state index is 0.880. The van der Waals surface area contributed by atoms with Crippen LogP contribution in [0.3, 0.4) is 0 Å². The van der Waals surface area contributed by atoms with Gasteiger partial charge in [-0.25, -0.2) is 0 Å². The van der Waals surface area contributed by atoms with Crippen LogP contribution in [-0.4, -0.2) is 0 Å². The topological polar surface area (TPSA) is 26.3 Å². The van der Waals surface area contributed by atoms with Crippen molar-refractivity contribution in [2.75, 3.05) is 0 Å². The summed E-state index contributed by atoms with van der Waals surface area (Å²) in [5, 5.41) is 4.46. The van der Waals surface area contributed by atoms with Crippen molar-refractivity contribution in [1.82, 2.24) is 0 Å². The van der Waals surface area contributed by atoms with Gasteiger partial charge in [-0.2, -0.15) is 0 Å². The Morgan fingerprint density at radius 3 is 0.806 bits per heavy atom. The van der Waals surface area contributed by atoms with Gasteiger partial charge in [0.15, 0.2) is 0 Å². The van der Waals surface area contributed by atoms with Gasteiger partial charge in [-0.05, 0) is 0 Å². The Morgan fingerprint density at radius 1 is 0.250 bits per heavy atom. The van der Waals surface area contributed by atoms with Crippen LogP contribution in [0.5, 0.6) is 0 Å². The summed E-state index contributed by atoms with van der Waals surface area (Å²) in [5.41, 5.74) is 4.23.